The summed E-state index contributed by atoms with van der Waals surface area (Å²) in [6, 6.07) is 11.5. The molecule has 0 aliphatic carbocycles. The molecule has 2 aliphatic rings. The number of aromatic nitrogens is 3. The van der Waals surface area contributed by atoms with Crippen molar-refractivity contribution in [2.75, 3.05) is 28.2 Å². The third-order valence-electron chi connectivity index (χ3n) is 5.11. The Morgan fingerprint density at radius 3 is 2.96 bits per heavy atom. The lowest BCUT2D eigenvalue weighted by molar-refractivity contribution is 0.254. The molecule has 2 aliphatic heterocycles. The van der Waals surface area contributed by atoms with E-state index in [0.29, 0.717) is 22.9 Å². The number of nitrogens with zero attached hydrogens (tertiary/aromatic N) is 5. The number of anilines is 3. The van der Waals surface area contributed by atoms with Crippen LogP contribution in [-0.4, -0.2) is 40.1 Å². The molecule has 1 aromatic carbocycles. The summed E-state index contributed by atoms with van der Waals surface area (Å²) in [4.78, 5) is 29.6. The van der Waals surface area contributed by atoms with Crippen molar-refractivity contribution < 1.29 is 9.18 Å². The van der Waals surface area contributed by atoms with Crippen LogP contribution in [0, 0.1) is 5.82 Å². The first-order valence-corrected chi connectivity index (χ1v) is 9.07. The molecule has 0 unspecified atom stereocenters. The number of carbonyl (C=O) groups is 1. The Morgan fingerprint density at radius 1 is 1.21 bits per heavy atom. The fraction of sp³-hybridized carbons (Fsp3) is 0.200. The van der Waals surface area contributed by atoms with E-state index in [4.69, 9.17) is 4.98 Å². The number of hydrogen-bond donors (Lipinski definition) is 1. The third-order valence-corrected chi connectivity index (χ3v) is 5.11. The van der Waals surface area contributed by atoms with Crippen molar-refractivity contribution in [3.05, 3.63) is 60.8 Å². The molecule has 7 nitrogen and oxygen atoms in total. The Balaban J connectivity index is 1.54. The molecular weight excluding hydrogens is 359 g/mol. The van der Waals surface area contributed by atoms with Gasteiger partial charge in [0.2, 0.25) is 0 Å². The Labute approximate surface area is 160 Å². The van der Waals surface area contributed by atoms with E-state index in [2.05, 4.69) is 20.2 Å². The molecule has 0 spiro atoms. The summed E-state index contributed by atoms with van der Waals surface area (Å²) in [5, 5.41) is 2.82. The number of pyridine rings is 1. The van der Waals surface area contributed by atoms with Crippen molar-refractivity contribution in [3.8, 4) is 11.3 Å². The minimum absolute atomic E-state index is 0.0320. The Bertz CT molecular complexity index is 1040. The zero-order valence-electron chi connectivity index (χ0n) is 14.9. The molecule has 3 aromatic rings. The molecule has 28 heavy (non-hydrogen) atoms. The number of urea groups is 1. The summed E-state index contributed by atoms with van der Waals surface area (Å²) in [5.41, 5.74) is 2.21. The van der Waals surface area contributed by atoms with Gasteiger partial charge in [0, 0.05) is 24.8 Å². The zero-order chi connectivity index (χ0) is 19.1. The normalized spacial score (nSPS) is 17.4. The van der Waals surface area contributed by atoms with Crippen molar-refractivity contribution >= 4 is 23.4 Å². The molecule has 1 fully saturated rings. The molecular formula is C20H17FN6O. The van der Waals surface area contributed by atoms with Crippen LogP contribution >= 0.6 is 0 Å². The van der Waals surface area contributed by atoms with E-state index in [0.717, 1.165) is 25.2 Å². The number of carbonyl (C=O) groups excluding carboxylic acids is 1. The molecule has 2 bridgehead atoms. The van der Waals surface area contributed by atoms with Crippen LogP contribution in [0.5, 0.6) is 0 Å². The van der Waals surface area contributed by atoms with Crippen LogP contribution in [0.3, 0.4) is 0 Å². The van der Waals surface area contributed by atoms with Crippen LogP contribution in [-0.2, 0) is 0 Å². The van der Waals surface area contributed by atoms with Crippen molar-refractivity contribution in [1.29, 1.82) is 0 Å². The van der Waals surface area contributed by atoms with Crippen molar-refractivity contribution in [2.24, 2.45) is 0 Å². The van der Waals surface area contributed by atoms with E-state index in [9.17, 15) is 9.18 Å². The summed E-state index contributed by atoms with van der Waals surface area (Å²) in [7, 11) is 0. The van der Waals surface area contributed by atoms with Crippen LogP contribution in [0.1, 0.15) is 6.42 Å². The molecule has 0 saturated carbocycles. The first-order chi connectivity index (χ1) is 13.7. The topological polar surface area (TPSA) is 74.2 Å². The molecule has 1 N–H and O–H groups in total. The number of rotatable bonds is 2. The molecule has 2 aromatic heterocycles. The van der Waals surface area contributed by atoms with Gasteiger partial charge in [0.05, 0.1) is 17.4 Å². The summed E-state index contributed by atoms with van der Waals surface area (Å²) in [5.74, 6) is 0.699. The Kier molecular flexibility index (Phi) is 3.89. The number of amides is 2. The van der Waals surface area contributed by atoms with E-state index in [-0.39, 0.29) is 17.9 Å². The van der Waals surface area contributed by atoms with Gasteiger partial charge in [-0.15, -0.1) is 0 Å². The van der Waals surface area contributed by atoms with E-state index in [1.807, 2.05) is 12.1 Å². The minimum atomic E-state index is -0.320. The quantitative estimate of drug-likeness (QED) is 0.743. The summed E-state index contributed by atoms with van der Waals surface area (Å²) in [6.07, 6.45) is 3.82. The highest BCUT2D eigenvalue weighted by atomic mass is 19.1. The monoisotopic (exact) mass is 376 g/mol. The van der Waals surface area contributed by atoms with Crippen molar-refractivity contribution in [3.63, 3.8) is 0 Å². The standard InChI is InChI=1S/C20H17FN6O/c21-14-3-1-2-13(10-14)16-4-5-17-19(24-16)27(15-7-9-26(17)11-15)20(28)25-18-6-8-22-12-23-18/h1-6,8,10,12,15H,7,9,11H2,(H,22,23,25,28)/t15-/m0/s1. The summed E-state index contributed by atoms with van der Waals surface area (Å²) in [6.45, 7) is 1.64. The maximum atomic E-state index is 13.7. The van der Waals surface area contributed by atoms with Crippen LogP contribution in [0.15, 0.2) is 55.0 Å². The maximum absolute atomic E-state index is 13.7. The fourth-order valence-electron chi connectivity index (χ4n) is 3.81. The van der Waals surface area contributed by atoms with Gasteiger partial charge in [-0.2, -0.15) is 0 Å². The van der Waals surface area contributed by atoms with Gasteiger partial charge in [-0.3, -0.25) is 10.2 Å². The average molecular weight is 376 g/mol. The first kappa shape index (κ1) is 16.6. The van der Waals surface area contributed by atoms with Crippen molar-refractivity contribution in [1.82, 2.24) is 15.0 Å². The third kappa shape index (κ3) is 2.83. The molecule has 2 amide bonds. The molecule has 0 radical (unpaired) electrons. The lowest BCUT2D eigenvalue weighted by Crippen LogP contribution is -2.48. The smallest absolute Gasteiger partial charge is 0.329 e. The van der Waals surface area contributed by atoms with Gasteiger partial charge in [0.1, 0.15) is 18.0 Å². The van der Waals surface area contributed by atoms with Crippen LogP contribution in [0.4, 0.5) is 26.5 Å². The molecule has 4 heterocycles. The second-order valence-corrected chi connectivity index (χ2v) is 6.83. The van der Waals surface area contributed by atoms with E-state index >= 15 is 0 Å². The molecule has 1 saturated heterocycles. The number of halogens is 1. The minimum Gasteiger partial charge on any atom is -0.366 e. The van der Waals surface area contributed by atoms with Gasteiger partial charge in [-0.05, 0) is 36.8 Å². The molecule has 8 heteroatoms. The highest BCUT2D eigenvalue weighted by Crippen LogP contribution is 2.40. The van der Waals surface area contributed by atoms with Gasteiger partial charge >= 0.3 is 6.03 Å². The average Bonchev–Trinajstić information content (AvgIpc) is 3.13. The Hall–Kier alpha value is -3.55. The van der Waals surface area contributed by atoms with Crippen molar-refractivity contribution in [2.45, 2.75) is 12.5 Å². The lowest BCUT2D eigenvalue weighted by Gasteiger charge is -2.35. The lowest BCUT2D eigenvalue weighted by atomic mass is 10.1. The van der Waals surface area contributed by atoms with Gasteiger partial charge in [-0.25, -0.2) is 24.1 Å². The predicted octanol–water partition coefficient (Wildman–Crippen LogP) is 3.31. The fourth-order valence-corrected chi connectivity index (χ4v) is 3.81. The summed E-state index contributed by atoms with van der Waals surface area (Å²) < 4.78 is 13.7. The summed E-state index contributed by atoms with van der Waals surface area (Å²) >= 11 is 0. The van der Waals surface area contributed by atoms with Gasteiger partial charge in [0.25, 0.3) is 0 Å². The molecule has 5 rings (SSSR count). The SMILES string of the molecule is O=C(Nc1ccncn1)N1c2nc(-c3cccc(F)c3)ccc2N2CC[C@H]1C2. The second-order valence-electron chi connectivity index (χ2n) is 6.83. The van der Waals surface area contributed by atoms with Crippen LogP contribution in [0.2, 0.25) is 0 Å². The van der Waals surface area contributed by atoms with Crippen LogP contribution in [0.25, 0.3) is 11.3 Å². The first-order valence-electron chi connectivity index (χ1n) is 9.07. The number of nitrogens with one attached hydrogen (secondary N) is 1. The zero-order valence-corrected chi connectivity index (χ0v) is 14.9. The molecule has 1 atom stereocenters. The van der Waals surface area contributed by atoms with Crippen LogP contribution < -0.4 is 15.1 Å². The maximum Gasteiger partial charge on any atom is 0.329 e. The predicted molar refractivity (Wildman–Crippen MR) is 104 cm³/mol. The van der Waals surface area contributed by atoms with E-state index < -0.39 is 0 Å². The second kappa shape index (κ2) is 6.56. The number of hydrogen-bond acceptors (Lipinski definition) is 5. The highest BCUT2D eigenvalue weighted by molar-refractivity contribution is 6.04. The highest BCUT2D eigenvalue weighted by Gasteiger charge is 2.40. The van der Waals surface area contributed by atoms with E-state index in [1.165, 1.54) is 18.5 Å². The van der Waals surface area contributed by atoms with Gasteiger partial charge in [0.15, 0.2) is 5.82 Å². The van der Waals surface area contributed by atoms with Gasteiger partial charge < -0.3 is 4.90 Å². The number of benzene rings is 1. The van der Waals surface area contributed by atoms with E-state index in [1.54, 1.807) is 29.3 Å². The largest absolute Gasteiger partial charge is 0.366 e. The Morgan fingerprint density at radius 2 is 2.14 bits per heavy atom. The van der Waals surface area contributed by atoms with Gasteiger partial charge in [-0.1, -0.05) is 12.1 Å². The molecule has 140 valence electrons. The number of fused-ring (bicyclic) bond motifs is 4.